The van der Waals surface area contributed by atoms with Gasteiger partial charge in [0.15, 0.2) is 0 Å². The van der Waals surface area contributed by atoms with Gasteiger partial charge in [0.05, 0.1) is 24.4 Å². The van der Waals surface area contributed by atoms with E-state index in [1.165, 1.54) is 29.5 Å². The number of alkyl halides is 3. The number of morpholine rings is 1. The standard InChI is InChI=1S/C36H35F4N5O6S/c1-21-42-30(20-52-21)33(47)44-26-8-6-25(7-9-26)43-32(46)29-17-24(37)18-41-34(29)50-27-4-2-3-23(16-27)28-10-5-22(19-45-11-13-49-14-12-45)15-31(28)51-35(48)36(38,39)40/h2-5,10,15-18,20,25-26H,6-9,11-14,19H2,1H3,(H,43,46)(H,44,47). The Kier molecular flexibility index (Phi) is 11.5. The Morgan fingerprint density at radius 2 is 1.69 bits per heavy atom. The van der Waals surface area contributed by atoms with Gasteiger partial charge in [-0.15, -0.1) is 11.3 Å². The van der Waals surface area contributed by atoms with E-state index in [1.54, 1.807) is 29.6 Å². The summed E-state index contributed by atoms with van der Waals surface area (Å²) in [4.78, 5) is 48.1. The average Bonchev–Trinajstić information content (AvgIpc) is 3.56. The van der Waals surface area contributed by atoms with Crippen molar-refractivity contribution >= 4 is 29.1 Å². The van der Waals surface area contributed by atoms with Crippen LogP contribution in [0.5, 0.6) is 17.4 Å². The molecule has 11 nitrogen and oxygen atoms in total. The summed E-state index contributed by atoms with van der Waals surface area (Å²) in [6, 6.07) is 11.5. The van der Waals surface area contributed by atoms with Gasteiger partial charge in [-0.3, -0.25) is 14.5 Å². The Hall–Kier alpha value is -4.93. The minimum atomic E-state index is -5.22. The number of esters is 1. The fourth-order valence-electron chi connectivity index (χ4n) is 6.05. The minimum absolute atomic E-state index is 0.0804. The second kappa shape index (κ2) is 16.2. The van der Waals surface area contributed by atoms with Gasteiger partial charge in [-0.1, -0.05) is 24.3 Å². The fraction of sp³-hybridized carbons (Fsp3) is 0.361. The highest BCUT2D eigenvalue weighted by Gasteiger charge is 2.42. The smallest absolute Gasteiger partial charge is 0.438 e. The highest BCUT2D eigenvalue weighted by Crippen LogP contribution is 2.36. The molecule has 0 radical (unpaired) electrons. The third-order valence-corrected chi connectivity index (χ3v) is 9.43. The molecule has 0 atom stereocenters. The second-order valence-electron chi connectivity index (χ2n) is 12.5. The molecule has 3 heterocycles. The van der Waals surface area contributed by atoms with Gasteiger partial charge < -0.3 is 24.8 Å². The molecule has 52 heavy (non-hydrogen) atoms. The van der Waals surface area contributed by atoms with Crippen LogP contribution in [0, 0.1) is 12.7 Å². The first kappa shape index (κ1) is 36.8. The normalized spacial score (nSPS) is 18.0. The molecule has 2 aromatic heterocycles. The average molecular weight is 742 g/mol. The van der Waals surface area contributed by atoms with Crippen molar-refractivity contribution in [3.8, 4) is 28.5 Å². The molecule has 6 rings (SSSR count). The van der Waals surface area contributed by atoms with E-state index in [9.17, 15) is 31.9 Å². The number of thiazole rings is 1. The maximum Gasteiger partial charge on any atom is 0.491 e. The maximum absolute atomic E-state index is 14.4. The number of aryl methyl sites for hydroxylation is 1. The Balaban J connectivity index is 1.15. The Labute approximate surface area is 300 Å². The van der Waals surface area contributed by atoms with Crippen LogP contribution in [-0.4, -0.2) is 77.2 Å². The quantitative estimate of drug-likeness (QED) is 0.111. The molecule has 2 aromatic carbocycles. The van der Waals surface area contributed by atoms with Gasteiger partial charge in [0.1, 0.15) is 28.6 Å². The highest BCUT2D eigenvalue weighted by molar-refractivity contribution is 7.09. The lowest BCUT2D eigenvalue weighted by Gasteiger charge is -2.29. The van der Waals surface area contributed by atoms with Crippen LogP contribution in [-0.2, 0) is 16.1 Å². The zero-order valence-corrected chi connectivity index (χ0v) is 28.8. The molecular weight excluding hydrogens is 706 g/mol. The molecule has 16 heteroatoms. The van der Waals surface area contributed by atoms with Crippen LogP contribution in [0.3, 0.4) is 0 Å². The molecule has 2 amide bonds. The molecule has 1 aliphatic carbocycles. The molecule has 0 spiro atoms. The summed E-state index contributed by atoms with van der Waals surface area (Å²) in [7, 11) is 0. The topological polar surface area (TPSA) is 132 Å². The number of halogens is 4. The lowest BCUT2D eigenvalue weighted by atomic mass is 9.91. The Morgan fingerprint density at radius 1 is 0.981 bits per heavy atom. The molecular formula is C36H35F4N5O6S. The molecule has 274 valence electrons. The van der Waals surface area contributed by atoms with Gasteiger partial charge in [-0.05, 0) is 68.0 Å². The van der Waals surface area contributed by atoms with E-state index < -0.39 is 23.9 Å². The van der Waals surface area contributed by atoms with E-state index >= 15 is 0 Å². The molecule has 4 aromatic rings. The first-order chi connectivity index (χ1) is 24.9. The summed E-state index contributed by atoms with van der Waals surface area (Å²) in [5.41, 5.74) is 1.39. The lowest BCUT2D eigenvalue weighted by molar-refractivity contribution is -0.189. The third-order valence-electron chi connectivity index (χ3n) is 8.66. The van der Waals surface area contributed by atoms with Crippen molar-refractivity contribution in [2.24, 2.45) is 0 Å². The number of nitrogens with one attached hydrogen (secondary N) is 2. The molecule has 1 aliphatic heterocycles. The number of carbonyl (C=O) groups excluding carboxylic acids is 3. The number of nitrogens with zero attached hydrogens (tertiary/aromatic N) is 3. The predicted octanol–water partition coefficient (Wildman–Crippen LogP) is 6.22. The number of ether oxygens (including phenoxy) is 3. The van der Waals surface area contributed by atoms with Crippen LogP contribution >= 0.6 is 11.3 Å². The van der Waals surface area contributed by atoms with Gasteiger partial charge in [-0.25, -0.2) is 19.2 Å². The van der Waals surface area contributed by atoms with Crippen LogP contribution in [0.4, 0.5) is 17.6 Å². The van der Waals surface area contributed by atoms with Crippen LogP contribution < -0.4 is 20.1 Å². The monoisotopic (exact) mass is 741 g/mol. The van der Waals surface area contributed by atoms with Crippen molar-refractivity contribution in [3.05, 3.63) is 87.8 Å². The van der Waals surface area contributed by atoms with E-state index in [-0.39, 0.29) is 46.5 Å². The summed E-state index contributed by atoms with van der Waals surface area (Å²) in [5.74, 6) is -4.32. The van der Waals surface area contributed by atoms with Crippen molar-refractivity contribution in [3.63, 3.8) is 0 Å². The van der Waals surface area contributed by atoms with Crippen LogP contribution in [0.1, 0.15) is 57.1 Å². The summed E-state index contributed by atoms with van der Waals surface area (Å²) in [6.07, 6.45) is -1.95. The molecule has 2 fully saturated rings. The summed E-state index contributed by atoms with van der Waals surface area (Å²) < 4.78 is 70.3. The highest BCUT2D eigenvalue weighted by atomic mass is 32.1. The van der Waals surface area contributed by atoms with Gasteiger partial charge in [0.25, 0.3) is 11.8 Å². The van der Waals surface area contributed by atoms with Gasteiger partial charge >= 0.3 is 12.1 Å². The van der Waals surface area contributed by atoms with Crippen molar-refractivity contribution in [1.82, 2.24) is 25.5 Å². The van der Waals surface area contributed by atoms with Crippen LogP contribution in [0.25, 0.3) is 11.1 Å². The van der Waals surface area contributed by atoms with E-state index in [4.69, 9.17) is 14.2 Å². The zero-order valence-electron chi connectivity index (χ0n) is 28.0. The SMILES string of the molecule is Cc1nc(C(=O)NC2CCC(NC(=O)c3cc(F)cnc3Oc3cccc(-c4ccc(CN5CCOCC5)cc4OC(=O)C(F)(F)F)c3)CC2)cs1. The molecule has 1 saturated carbocycles. The van der Waals surface area contributed by atoms with Crippen molar-refractivity contribution < 1.29 is 46.2 Å². The van der Waals surface area contributed by atoms with E-state index in [0.717, 1.165) is 17.3 Å². The van der Waals surface area contributed by atoms with E-state index in [2.05, 4.69) is 25.5 Å². The maximum atomic E-state index is 14.4. The Morgan fingerprint density at radius 3 is 2.37 bits per heavy atom. The second-order valence-corrected chi connectivity index (χ2v) is 13.6. The van der Waals surface area contributed by atoms with Crippen LogP contribution in [0.15, 0.2) is 60.1 Å². The lowest BCUT2D eigenvalue weighted by Crippen LogP contribution is -2.44. The van der Waals surface area contributed by atoms with E-state index in [0.29, 0.717) is 75.4 Å². The summed E-state index contributed by atoms with van der Waals surface area (Å²) >= 11 is 1.39. The van der Waals surface area contributed by atoms with Crippen molar-refractivity contribution in [1.29, 1.82) is 0 Å². The molecule has 0 unspecified atom stereocenters. The van der Waals surface area contributed by atoms with E-state index in [1.807, 2.05) is 6.92 Å². The number of rotatable bonds is 10. The number of amides is 2. The third kappa shape index (κ3) is 9.48. The number of hydrogen-bond donors (Lipinski definition) is 2. The molecule has 1 saturated heterocycles. The summed E-state index contributed by atoms with van der Waals surface area (Å²) in [6.45, 7) is 4.59. The number of hydrogen-bond acceptors (Lipinski definition) is 10. The number of pyridine rings is 1. The first-order valence-electron chi connectivity index (χ1n) is 16.6. The summed E-state index contributed by atoms with van der Waals surface area (Å²) in [5, 5.41) is 8.39. The number of aromatic nitrogens is 2. The minimum Gasteiger partial charge on any atom is -0.438 e. The first-order valence-corrected chi connectivity index (χ1v) is 17.5. The van der Waals surface area contributed by atoms with Gasteiger partial charge in [-0.2, -0.15) is 13.2 Å². The number of benzene rings is 2. The molecule has 2 aliphatic rings. The van der Waals surface area contributed by atoms with Gasteiger partial charge in [0, 0.05) is 42.7 Å². The largest absolute Gasteiger partial charge is 0.491 e. The molecule has 0 bridgehead atoms. The van der Waals surface area contributed by atoms with Crippen molar-refractivity contribution in [2.45, 2.75) is 57.4 Å². The van der Waals surface area contributed by atoms with Crippen LogP contribution in [0.2, 0.25) is 0 Å². The predicted molar refractivity (Wildman–Crippen MR) is 182 cm³/mol. The molecule has 2 N–H and O–H groups in total. The zero-order chi connectivity index (χ0) is 36.8. The fourth-order valence-corrected chi connectivity index (χ4v) is 6.64. The number of carbonyl (C=O) groups is 3. The Bertz CT molecular complexity index is 1930. The van der Waals surface area contributed by atoms with Gasteiger partial charge in [0.2, 0.25) is 5.88 Å². The van der Waals surface area contributed by atoms with Crippen molar-refractivity contribution in [2.75, 3.05) is 26.3 Å².